The van der Waals surface area contributed by atoms with E-state index in [1.807, 2.05) is 0 Å². The zero-order chi connectivity index (χ0) is 13.0. The number of unbranched alkanes of at least 4 members (excludes halogenated alkanes) is 1. The van der Waals surface area contributed by atoms with E-state index >= 15 is 0 Å². The summed E-state index contributed by atoms with van der Waals surface area (Å²) < 4.78 is 0. The maximum absolute atomic E-state index is 10.5. The van der Waals surface area contributed by atoms with Gasteiger partial charge in [-0.2, -0.15) is 0 Å². The Hall–Kier alpha value is -1.51. The van der Waals surface area contributed by atoms with Crippen LogP contribution >= 0.6 is 0 Å². The summed E-state index contributed by atoms with van der Waals surface area (Å²) in [5.41, 5.74) is 2.76. The van der Waals surface area contributed by atoms with E-state index in [2.05, 4.69) is 36.1 Å². The van der Waals surface area contributed by atoms with Gasteiger partial charge in [0, 0.05) is 24.7 Å². The minimum atomic E-state index is -0.693. The van der Waals surface area contributed by atoms with Gasteiger partial charge in [0.2, 0.25) is 0 Å². The number of carboxylic acid groups (broad SMARTS) is 1. The van der Waals surface area contributed by atoms with E-state index in [0.717, 1.165) is 25.8 Å². The number of anilines is 1. The van der Waals surface area contributed by atoms with Crippen molar-refractivity contribution >= 4 is 11.7 Å². The molecule has 2 rings (SSSR count). The number of carbonyl (C=O) groups is 1. The quantitative estimate of drug-likeness (QED) is 0.813. The minimum absolute atomic E-state index is 0.282. The fourth-order valence-electron chi connectivity index (χ4n) is 2.66. The molecule has 1 heterocycles. The number of hydrogen-bond acceptors (Lipinski definition) is 2. The van der Waals surface area contributed by atoms with Crippen LogP contribution in [0.15, 0.2) is 24.3 Å². The van der Waals surface area contributed by atoms with Gasteiger partial charge in [-0.15, -0.1) is 0 Å². The highest BCUT2D eigenvalue weighted by Crippen LogP contribution is 2.30. The summed E-state index contributed by atoms with van der Waals surface area (Å²) in [7, 11) is 0. The van der Waals surface area contributed by atoms with E-state index in [4.69, 9.17) is 5.11 Å². The molecule has 0 amide bonds. The third-order valence-electron chi connectivity index (χ3n) is 3.70. The fraction of sp³-hybridized carbons (Fsp3) is 0.533. The normalized spacial score (nSPS) is 18.5. The third kappa shape index (κ3) is 3.03. The fourth-order valence-corrected chi connectivity index (χ4v) is 2.66. The monoisotopic (exact) mass is 247 g/mol. The maximum Gasteiger partial charge on any atom is 0.303 e. The van der Waals surface area contributed by atoms with Crippen molar-refractivity contribution in [2.45, 2.75) is 45.1 Å². The molecule has 3 heteroatoms. The third-order valence-corrected chi connectivity index (χ3v) is 3.70. The van der Waals surface area contributed by atoms with Gasteiger partial charge in [0.1, 0.15) is 0 Å². The van der Waals surface area contributed by atoms with E-state index < -0.39 is 5.97 Å². The molecular weight excluding hydrogens is 226 g/mol. The predicted octanol–water partition coefficient (Wildman–Crippen LogP) is 3.08. The number of aliphatic carboxylic acids is 1. The lowest BCUT2D eigenvalue weighted by Crippen LogP contribution is -2.38. The van der Waals surface area contributed by atoms with Crippen LogP contribution in [0.2, 0.25) is 0 Å². The number of hydrogen-bond donors (Lipinski definition) is 1. The Balaban J connectivity index is 1.96. The van der Waals surface area contributed by atoms with Gasteiger partial charge >= 0.3 is 5.97 Å². The Morgan fingerprint density at radius 1 is 1.39 bits per heavy atom. The number of rotatable bonds is 5. The van der Waals surface area contributed by atoms with Crippen molar-refractivity contribution in [3.8, 4) is 0 Å². The molecule has 1 aliphatic rings. The Labute approximate surface area is 108 Å². The lowest BCUT2D eigenvalue weighted by molar-refractivity contribution is -0.137. The second kappa shape index (κ2) is 5.89. The Morgan fingerprint density at radius 2 is 2.17 bits per heavy atom. The summed E-state index contributed by atoms with van der Waals surface area (Å²) in [6.07, 6.45) is 4.34. The van der Waals surface area contributed by atoms with Gasteiger partial charge in [-0.1, -0.05) is 18.2 Å². The van der Waals surface area contributed by atoms with Crippen molar-refractivity contribution in [1.29, 1.82) is 0 Å². The van der Waals surface area contributed by atoms with E-state index in [0.29, 0.717) is 6.04 Å². The highest BCUT2D eigenvalue weighted by Gasteiger charge is 2.21. The first-order chi connectivity index (χ1) is 8.68. The molecule has 1 atom stereocenters. The van der Waals surface area contributed by atoms with Crippen LogP contribution in [0.4, 0.5) is 5.69 Å². The summed E-state index contributed by atoms with van der Waals surface area (Å²) in [6, 6.07) is 9.12. The van der Waals surface area contributed by atoms with Gasteiger partial charge < -0.3 is 10.0 Å². The first-order valence-electron chi connectivity index (χ1n) is 6.75. The molecule has 98 valence electrons. The maximum atomic E-state index is 10.5. The molecule has 3 nitrogen and oxygen atoms in total. The van der Waals surface area contributed by atoms with Crippen LogP contribution in [-0.2, 0) is 11.2 Å². The van der Waals surface area contributed by atoms with Gasteiger partial charge in [-0.05, 0) is 44.2 Å². The molecule has 0 aromatic heterocycles. The van der Waals surface area contributed by atoms with E-state index in [-0.39, 0.29) is 6.42 Å². The van der Waals surface area contributed by atoms with Crippen LogP contribution in [0, 0.1) is 0 Å². The predicted molar refractivity (Wildman–Crippen MR) is 73.1 cm³/mol. The number of carboxylic acids is 1. The summed E-state index contributed by atoms with van der Waals surface area (Å²) in [5, 5.41) is 8.65. The average Bonchev–Trinajstić information content (AvgIpc) is 2.36. The molecule has 0 saturated heterocycles. The van der Waals surface area contributed by atoms with Crippen molar-refractivity contribution in [3.63, 3.8) is 0 Å². The minimum Gasteiger partial charge on any atom is -0.481 e. The van der Waals surface area contributed by atoms with Gasteiger partial charge in [-0.25, -0.2) is 0 Å². The molecule has 1 aromatic carbocycles. The molecular formula is C15H21NO2. The molecule has 1 N–H and O–H groups in total. The standard InChI is InChI=1S/C15H21NO2/c1-12-9-10-13-6-2-3-7-14(13)16(12)11-5-4-8-15(17)18/h2-3,6-7,12H,4-5,8-11H2,1H3,(H,17,18). The van der Waals surface area contributed by atoms with Crippen LogP contribution in [0.1, 0.15) is 38.2 Å². The Morgan fingerprint density at radius 3 is 2.94 bits per heavy atom. The second-order valence-corrected chi connectivity index (χ2v) is 5.06. The summed E-state index contributed by atoms with van der Waals surface area (Å²) in [4.78, 5) is 12.9. The van der Waals surface area contributed by atoms with Crippen LogP contribution in [-0.4, -0.2) is 23.7 Å². The van der Waals surface area contributed by atoms with Crippen LogP contribution in [0.5, 0.6) is 0 Å². The molecule has 1 unspecified atom stereocenters. The summed E-state index contributed by atoms with van der Waals surface area (Å²) in [5.74, 6) is -0.693. The Kier molecular flexibility index (Phi) is 4.24. The first kappa shape index (κ1) is 12.9. The topological polar surface area (TPSA) is 40.5 Å². The molecule has 1 aliphatic heterocycles. The smallest absolute Gasteiger partial charge is 0.303 e. The highest BCUT2D eigenvalue weighted by molar-refractivity contribution is 5.66. The largest absolute Gasteiger partial charge is 0.481 e. The highest BCUT2D eigenvalue weighted by atomic mass is 16.4. The SMILES string of the molecule is CC1CCc2ccccc2N1CCCCC(=O)O. The van der Waals surface area contributed by atoms with Crippen LogP contribution in [0.3, 0.4) is 0 Å². The summed E-state index contributed by atoms with van der Waals surface area (Å²) >= 11 is 0. The van der Waals surface area contributed by atoms with Gasteiger partial charge in [0.25, 0.3) is 0 Å². The Bertz CT molecular complexity index is 417. The van der Waals surface area contributed by atoms with Crippen LogP contribution in [0.25, 0.3) is 0 Å². The zero-order valence-corrected chi connectivity index (χ0v) is 10.9. The van der Waals surface area contributed by atoms with E-state index in [1.54, 1.807) is 0 Å². The number of fused-ring (bicyclic) bond motifs is 1. The molecule has 0 bridgehead atoms. The van der Waals surface area contributed by atoms with Gasteiger partial charge in [-0.3, -0.25) is 4.79 Å². The van der Waals surface area contributed by atoms with Crippen molar-refractivity contribution in [1.82, 2.24) is 0 Å². The second-order valence-electron chi connectivity index (χ2n) is 5.06. The molecule has 0 spiro atoms. The molecule has 0 saturated carbocycles. The van der Waals surface area contributed by atoms with E-state index in [1.165, 1.54) is 17.7 Å². The summed E-state index contributed by atoms with van der Waals surface area (Å²) in [6.45, 7) is 3.22. The zero-order valence-electron chi connectivity index (χ0n) is 10.9. The van der Waals surface area contributed by atoms with Crippen LogP contribution < -0.4 is 4.90 Å². The first-order valence-corrected chi connectivity index (χ1v) is 6.75. The average molecular weight is 247 g/mol. The molecule has 0 fully saturated rings. The molecule has 18 heavy (non-hydrogen) atoms. The molecule has 1 aromatic rings. The number of benzene rings is 1. The number of nitrogens with zero attached hydrogens (tertiary/aromatic N) is 1. The van der Waals surface area contributed by atoms with E-state index in [9.17, 15) is 4.79 Å². The van der Waals surface area contributed by atoms with Crippen molar-refractivity contribution in [2.24, 2.45) is 0 Å². The van der Waals surface area contributed by atoms with Gasteiger partial charge in [0.15, 0.2) is 0 Å². The number of aryl methyl sites for hydroxylation is 1. The van der Waals surface area contributed by atoms with Crippen molar-refractivity contribution < 1.29 is 9.90 Å². The molecule has 0 radical (unpaired) electrons. The van der Waals surface area contributed by atoms with Gasteiger partial charge in [0.05, 0.1) is 0 Å². The molecule has 0 aliphatic carbocycles. The lowest BCUT2D eigenvalue weighted by atomic mass is 9.96. The lowest BCUT2D eigenvalue weighted by Gasteiger charge is -2.37. The number of para-hydroxylation sites is 1. The van der Waals surface area contributed by atoms with Crippen molar-refractivity contribution in [2.75, 3.05) is 11.4 Å². The van der Waals surface area contributed by atoms with Crippen molar-refractivity contribution in [3.05, 3.63) is 29.8 Å².